The van der Waals surface area contributed by atoms with E-state index in [0.29, 0.717) is 11.8 Å². The van der Waals surface area contributed by atoms with Crippen LogP contribution in [0.1, 0.15) is 36.8 Å². The molecule has 1 aromatic rings. The number of fused-ring (bicyclic) bond motifs is 1. The molecule has 0 radical (unpaired) electrons. The highest BCUT2D eigenvalue weighted by Crippen LogP contribution is 2.48. The standard InChI is InChI=1S/C19H28N2O.C2H4/c22-19(9-7-16-13-20-14-18(16)19)17-5-3-15(4-6-17)8-12-21-10-1-2-11-21;1-2/h3-6,16,18,20,22H,1-2,7-14H2;1-2H2. The summed E-state index contributed by atoms with van der Waals surface area (Å²) >= 11 is 0. The molecule has 2 heterocycles. The Morgan fingerprint density at radius 1 is 1.12 bits per heavy atom. The van der Waals surface area contributed by atoms with Gasteiger partial charge in [-0.2, -0.15) is 0 Å². The van der Waals surface area contributed by atoms with Gasteiger partial charge in [-0.25, -0.2) is 0 Å². The summed E-state index contributed by atoms with van der Waals surface area (Å²) in [4.78, 5) is 2.56. The lowest BCUT2D eigenvalue weighted by molar-refractivity contribution is -0.00191. The maximum absolute atomic E-state index is 11.2. The van der Waals surface area contributed by atoms with Crippen LogP contribution in [0.4, 0.5) is 0 Å². The van der Waals surface area contributed by atoms with Crippen LogP contribution in [-0.4, -0.2) is 42.7 Å². The first-order valence-corrected chi connectivity index (χ1v) is 9.50. The molecule has 3 fully saturated rings. The van der Waals surface area contributed by atoms with Gasteiger partial charge >= 0.3 is 0 Å². The Labute approximate surface area is 146 Å². The summed E-state index contributed by atoms with van der Waals surface area (Å²) in [6.45, 7) is 11.8. The zero-order chi connectivity index (χ0) is 17.0. The first-order valence-electron chi connectivity index (χ1n) is 9.50. The van der Waals surface area contributed by atoms with Crippen LogP contribution >= 0.6 is 0 Å². The normalized spacial score (nSPS) is 32.4. The summed E-state index contributed by atoms with van der Waals surface area (Å²) in [5.41, 5.74) is 1.94. The molecule has 2 saturated heterocycles. The number of aliphatic hydroxyl groups is 1. The van der Waals surface area contributed by atoms with E-state index in [9.17, 15) is 5.11 Å². The second kappa shape index (κ2) is 7.81. The van der Waals surface area contributed by atoms with Crippen LogP contribution < -0.4 is 5.32 Å². The van der Waals surface area contributed by atoms with Gasteiger partial charge in [-0.15, -0.1) is 13.2 Å². The predicted molar refractivity (Wildman–Crippen MR) is 100 cm³/mol. The van der Waals surface area contributed by atoms with E-state index in [-0.39, 0.29) is 0 Å². The third kappa shape index (κ3) is 3.44. The molecule has 132 valence electrons. The van der Waals surface area contributed by atoms with Crippen molar-refractivity contribution in [3.8, 4) is 0 Å². The minimum atomic E-state index is -0.596. The molecule has 1 aliphatic carbocycles. The molecule has 0 amide bonds. The molecule has 1 aromatic carbocycles. The number of hydrogen-bond acceptors (Lipinski definition) is 3. The van der Waals surface area contributed by atoms with Crippen molar-refractivity contribution in [2.45, 2.75) is 37.7 Å². The summed E-state index contributed by atoms with van der Waals surface area (Å²) < 4.78 is 0. The van der Waals surface area contributed by atoms with E-state index in [2.05, 4.69) is 47.6 Å². The predicted octanol–water partition coefficient (Wildman–Crippen LogP) is 2.94. The van der Waals surface area contributed by atoms with Crippen LogP contribution in [0.25, 0.3) is 0 Å². The summed E-state index contributed by atoms with van der Waals surface area (Å²) in [5, 5.41) is 14.6. The van der Waals surface area contributed by atoms with Crippen LogP contribution in [0, 0.1) is 11.8 Å². The van der Waals surface area contributed by atoms with Crippen LogP contribution in [-0.2, 0) is 12.0 Å². The Kier molecular flexibility index (Phi) is 5.75. The maximum atomic E-state index is 11.2. The fourth-order valence-corrected chi connectivity index (χ4v) is 4.80. The van der Waals surface area contributed by atoms with Crippen LogP contribution in [0.2, 0.25) is 0 Å². The van der Waals surface area contributed by atoms with Gasteiger partial charge in [0.15, 0.2) is 0 Å². The van der Waals surface area contributed by atoms with Crippen molar-refractivity contribution in [1.29, 1.82) is 0 Å². The Balaban J connectivity index is 0.000000815. The average Bonchev–Trinajstić information content (AvgIpc) is 3.36. The van der Waals surface area contributed by atoms with Gasteiger partial charge in [0.2, 0.25) is 0 Å². The molecule has 0 spiro atoms. The first-order chi connectivity index (χ1) is 11.8. The van der Waals surface area contributed by atoms with Crippen molar-refractivity contribution < 1.29 is 5.11 Å². The molecule has 24 heavy (non-hydrogen) atoms. The molecular weight excluding hydrogens is 296 g/mol. The summed E-state index contributed by atoms with van der Waals surface area (Å²) in [6.07, 6.45) is 5.94. The minimum absolute atomic E-state index is 0.406. The molecule has 0 aromatic heterocycles. The van der Waals surface area contributed by atoms with Crippen molar-refractivity contribution in [2.75, 3.05) is 32.7 Å². The summed E-state index contributed by atoms with van der Waals surface area (Å²) in [6, 6.07) is 8.83. The van der Waals surface area contributed by atoms with E-state index in [1.807, 2.05) is 0 Å². The van der Waals surface area contributed by atoms with Gasteiger partial charge in [0, 0.05) is 19.0 Å². The average molecular weight is 329 g/mol. The monoisotopic (exact) mass is 328 g/mol. The van der Waals surface area contributed by atoms with Gasteiger partial charge in [-0.1, -0.05) is 24.3 Å². The van der Waals surface area contributed by atoms with E-state index < -0.39 is 5.60 Å². The van der Waals surface area contributed by atoms with E-state index in [4.69, 9.17) is 0 Å². The molecule has 3 unspecified atom stereocenters. The zero-order valence-electron chi connectivity index (χ0n) is 14.8. The van der Waals surface area contributed by atoms with Gasteiger partial charge in [0.05, 0.1) is 5.60 Å². The number of nitrogens with zero attached hydrogens (tertiary/aromatic N) is 1. The Bertz CT molecular complexity index is 523. The molecule has 3 nitrogen and oxygen atoms in total. The van der Waals surface area contributed by atoms with Crippen LogP contribution in [0.15, 0.2) is 37.4 Å². The van der Waals surface area contributed by atoms with Crippen molar-refractivity contribution in [2.24, 2.45) is 11.8 Å². The third-order valence-electron chi connectivity index (χ3n) is 6.22. The molecule has 1 saturated carbocycles. The molecule has 2 N–H and O–H groups in total. The highest BCUT2D eigenvalue weighted by molar-refractivity contribution is 5.30. The van der Waals surface area contributed by atoms with Gasteiger partial charge in [-0.3, -0.25) is 0 Å². The van der Waals surface area contributed by atoms with Crippen molar-refractivity contribution in [1.82, 2.24) is 10.2 Å². The number of hydrogen-bond donors (Lipinski definition) is 2. The number of benzene rings is 1. The quantitative estimate of drug-likeness (QED) is 0.834. The summed E-state index contributed by atoms with van der Waals surface area (Å²) in [5.74, 6) is 1.07. The molecule has 3 atom stereocenters. The zero-order valence-corrected chi connectivity index (χ0v) is 14.8. The van der Waals surface area contributed by atoms with E-state index in [1.165, 1.54) is 38.0 Å². The Morgan fingerprint density at radius 2 is 1.83 bits per heavy atom. The lowest BCUT2D eigenvalue weighted by Gasteiger charge is -2.30. The van der Waals surface area contributed by atoms with Crippen molar-refractivity contribution in [3.63, 3.8) is 0 Å². The highest BCUT2D eigenvalue weighted by atomic mass is 16.3. The number of rotatable bonds is 4. The fourth-order valence-electron chi connectivity index (χ4n) is 4.80. The van der Waals surface area contributed by atoms with Gasteiger partial charge in [0.1, 0.15) is 0 Å². The van der Waals surface area contributed by atoms with Crippen LogP contribution in [0.3, 0.4) is 0 Å². The van der Waals surface area contributed by atoms with Gasteiger partial charge < -0.3 is 15.3 Å². The van der Waals surface area contributed by atoms with E-state index >= 15 is 0 Å². The topological polar surface area (TPSA) is 35.5 Å². The second-order valence-electron chi connectivity index (χ2n) is 7.48. The van der Waals surface area contributed by atoms with E-state index in [1.54, 1.807) is 0 Å². The van der Waals surface area contributed by atoms with Gasteiger partial charge in [-0.05, 0) is 68.8 Å². The molecule has 2 aliphatic heterocycles. The lowest BCUT2D eigenvalue weighted by atomic mass is 9.82. The first kappa shape index (κ1) is 17.7. The molecule has 3 heteroatoms. The minimum Gasteiger partial charge on any atom is -0.385 e. The smallest absolute Gasteiger partial charge is 0.0939 e. The van der Waals surface area contributed by atoms with Crippen molar-refractivity contribution in [3.05, 3.63) is 48.6 Å². The molecule has 3 aliphatic rings. The van der Waals surface area contributed by atoms with Crippen molar-refractivity contribution >= 4 is 0 Å². The lowest BCUT2D eigenvalue weighted by Crippen LogP contribution is -2.33. The van der Waals surface area contributed by atoms with Crippen LogP contribution in [0.5, 0.6) is 0 Å². The number of likely N-dealkylation sites (tertiary alicyclic amines) is 1. The van der Waals surface area contributed by atoms with E-state index in [0.717, 1.165) is 37.9 Å². The SMILES string of the molecule is C=C.OC1(c2ccc(CCN3CCCC3)cc2)CCC2CNCC21. The largest absolute Gasteiger partial charge is 0.385 e. The second-order valence-corrected chi connectivity index (χ2v) is 7.48. The van der Waals surface area contributed by atoms with Gasteiger partial charge in [0.25, 0.3) is 0 Å². The Hall–Kier alpha value is -1.16. The molecule has 0 bridgehead atoms. The number of nitrogens with one attached hydrogen (secondary N) is 1. The molecular formula is C21H32N2O. The highest BCUT2D eigenvalue weighted by Gasteiger charge is 2.50. The Morgan fingerprint density at radius 3 is 2.54 bits per heavy atom. The fraction of sp³-hybridized carbons (Fsp3) is 0.619. The summed E-state index contributed by atoms with van der Waals surface area (Å²) in [7, 11) is 0. The molecule has 4 rings (SSSR count). The maximum Gasteiger partial charge on any atom is 0.0939 e. The third-order valence-corrected chi connectivity index (χ3v) is 6.22.